The van der Waals surface area contributed by atoms with E-state index in [1.165, 1.54) is 0 Å². The van der Waals surface area contributed by atoms with Gasteiger partial charge in [0.2, 0.25) is 0 Å². The summed E-state index contributed by atoms with van der Waals surface area (Å²) in [6.45, 7) is 6.63. The molecule has 100 valence electrons. The van der Waals surface area contributed by atoms with Gasteiger partial charge in [0, 0.05) is 12.1 Å². The van der Waals surface area contributed by atoms with Gasteiger partial charge in [0.25, 0.3) is 5.91 Å². The zero-order valence-electron chi connectivity index (χ0n) is 11.1. The van der Waals surface area contributed by atoms with Gasteiger partial charge in [-0.2, -0.15) is 0 Å². The van der Waals surface area contributed by atoms with Crippen LogP contribution in [0.5, 0.6) is 5.75 Å². The van der Waals surface area contributed by atoms with Crippen LogP contribution in [0.2, 0.25) is 0 Å². The van der Waals surface area contributed by atoms with E-state index in [0.29, 0.717) is 23.8 Å². The zero-order chi connectivity index (χ0) is 13.5. The normalized spacial score (nSPS) is 12.3. The molecule has 0 aliphatic heterocycles. The van der Waals surface area contributed by atoms with Crippen LogP contribution in [0.25, 0.3) is 0 Å². The molecule has 1 atom stereocenters. The Balaban J connectivity index is 2.60. The van der Waals surface area contributed by atoms with Crippen molar-refractivity contribution in [3.8, 4) is 5.75 Å². The van der Waals surface area contributed by atoms with Crippen molar-refractivity contribution in [3.63, 3.8) is 0 Å². The lowest BCUT2D eigenvalue weighted by atomic mass is 10.2. The fourth-order valence-electron chi connectivity index (χ4n) is 1.33. The van der Waals surface area contributed by atoms with Crippen molar-refractivity contribution < 1.29 is 14.6 Å². The summed E-state index contributed by atoms with van der Waals surface area (Å²) >= 11 is 0. The standard InChI is InChI=1S/C14H21NO3/c1-10(2)9-18-13-6-4-5-12(7-13)14(17)15-8-11(3)16/h4-7,10-11,16H,8-9H2,1-3H3,(H,15,17)/t11-/m1/s1. The van der Waals surface area contributed by atoms with Crippen LogP contribution in [0.3, 0.4) is 0 Å². The highest BCUT2D eigenvalue weighted by molar-refractivity contribution is 5.94. The molecule has 4 nitrogen and oxygen atoms in total. The van der Waals surface area contributed by atoms with Crippen LogP contribution in [-0.4, -0.2) is 30.3 Å². The Hall–Kier alpha value is -1.55. The topological polar surface area (TPSA) is 58.6 Å². The number of aliphatic hydroxyl groups is 1. The number of aliphatic hydroxyl groups excluding tert-OH is 1. The minimum absolute atomic E-state index is 0.203. The Bertz CT molecular complexity index is 388. The van der Waals surface area contributed by atoms with Crippen molar-refractivity contribution in [1.29, 1.82) is 0 Å². The van der Waals surface area contributed by atoms with Crippen molar-refractivity contribution in [2.75, 3.05) is 13.2 Å². The highest BCUT2D eigenvalue weighted by Gasteiger charge is 2.07. The van der Waals surface area contributed by atoms with Crippen LogP contribution < -0.4 is 10.1 Å². The van der Waals surface area contributed by atoms with Gasteiger partial charge in [-0.15, -0.1) is 0 Å². The van der Waals surface area contributed by atoms with E-state index in [1.807, 2.05) is 6.07 Å². The molecular weight excluding hydrogens is 230 g/mol. The summed E-state index contributed by atoms with van der Waals surface area (Å²) in [6.07, 6.45) is -0.547. The van der Waals surface area contributed by atoms with Crippen LogP contribution in [0.4, 0.5) is 0 Å². The fraction of sp³-hybridized carbons (Fsp3) is 0.500. The Morgan fingerprint density at radius 3 is 2.72 bits per heavy atom. The van der Waals surface area contributed by atoms with Gasteiger partial charge in [-0.25, -0.2) is 0 Å². The molecule has 4 heteroatoms. The Labute approximate surface area is 108 Å². The molecule has 0 spiro atoms. The number of benzene rings is 1. The van der Waals surface area contributed by atoms with E-state index in [1.54, 1.807) is 25.1 Å². The molecule has 2 N–H and O–H groups in total. The third-order valence-corrected chi connectivity index (χ3v) is 2.24. The van der Waals surface area contributed by atoms with Crippen LogP contribution >= 0.6 is 0 Å². The molecule has 0 saturated heterocycles. The Morgan fingerprint density at radius 2 is 2.11 bits per heavy atom. The second-order valence-corrected chi connectivity index (χ2v) is 4.79. The van der Waals surface area contributed by atoms with Gasteiger partial charge in [-0.3, -0.25) is 4.79 Å². The summed E-state index contributed by atoms with van der Waals surface area (Å²) < 4.78 is 5.55. The predicted octanol–water partition coefficient (Wildman–Crippen LogP) is 1.83. The molecule has 0 fully saturated rings. The molecule has 0 aliphatic rings. The first-order chi connectivity index (χ1) is 8.49. The summed E-state index contributed by atoms with van der Waals surface area (Å²) in [5, 5.41) is 11.8. The van der Waals surface area contributed by atoms with Gasteiger partial charge in [-0.1, -0.05) is 19.9 Å². The first-order valence-corrected chi connectivity index (χ1v) is 6.18. The van der Waals surface area contributed by atoms with E-state index in [9.17, 15) is 4.79 Å². The van der Waals surface area contributed by atoms with E-state index in [2.05, 4.69) is 19.2 Å². The summed E-state index contributed by atoms with van der Waals surface area (Å²) in [5.74, 6) is 0.928. The van der Waals surface area contributed by atoms with E-state index in [-0.39, 0.29) is 12.5 Å². The summed E-state index contributed by atoms with van der Waals surface area (Å²) in [4.78, 5) is 11.8. The maximum absolute atomic E-state index is 11.8. The molecule has 0 saturated carbocycles. The highest BCUT2D eigenvalue weighted by atomic mass is 16.5. The average molecular weight is 251 g/mol. The SMILES string of the molecule is CC(C)COc1cccc(C(=O)NC[C@@H](C)O)c1. The van der Waals surface area contributed by atoms with Gasteiger partial charge >= 0.3 is 0 Å². The van der Waals surface area contributed by atoms with Crippen LogP contribution in [0, 0.1) is 5.92 Å². The number of nitrogens with one attached hydrogen (secondary N) is 1. The molecule has 0 aliphatic carbocycles. The molecule has 1 aromatic carbocycles. The van der Waals surface area contributed by atoms with Gasteiger partial charge in [0.15, 0.2) is 0 Å². The van der Waals surface area contributed by atoms with Gasteiger partial charge in [0.05, 0.1) is 12.7 Å². The van der Waals surface area contributed by atoms with Crippen LogP contribution in [0.1, 0.15) is 31.1 Å². The highest BCUT2D eigenvalue weighted by Crippen LogP contribution is 2.14. The molecule has 1 amide bonds. The summed E-state index contributed by atoms with van der Waals surface area (Å²) in [5.41, 5.74) is 0.539. The number of ether oxygens (including phenoxy) is 1. The number of hydrogen-bond acceptors (Lipinski definition) is 3. The van der Waals surface area contributed by atoms with Gasteiger partial charge < -0.3 is 15.2 Å². The lowest BCUT2D eigenvalue weighted by molar-refractivity contribution is 0.0923. The number of hydrogen-bond donors (Lipinski definition) is 2. The minimum atomic E-state index is -0.547. The maximum Gasteiger partial charge on any atom is 0.251 e. The smallest absolute Gasteiger partial charge is 0.251 e. The second-order valence-electron chi connectivity index (χ2n) is 4.79. The van der Waals surface area contributed by atoms with E-state index in [0.717, 1.165) is 0 Å². The molecule has 1 rings (SSSR count). The summed E-state index contributed by atoms with van der Waals surface area (Å²) in [6, 6.07) is 7.04. The third kappa shape index (κ3) is 5.19. The molecule has 0 unspecified atom stereocenters. The van der Waals surface area contributed by atoms with Crippen molar-refractivity contribution in [2.24, 2.45) is 5.92 Å². The molecule has 0 radical (unpaired) electrons. The third-order valence-electron chi connectivity index (χ3n) is 2.24. The van der Waals surface area contributed by atoms with E-state index in [4.69, 9.17) is 9.84 Å². The van der Waals surface area contributed by atoms with Crippen LogP contribution in [0.15, 0.2) is 24.3 Å². The van der Waals surface area contributed by atoms with Crippen molar-refractivity contribution in [3.05, 3.63) is 29.8 Å². The second kappa shape index (κ2) is 7.01. The average Bonchev–Trinajstić information content (AvgIpc) is 2.33. The predicted molar refractivity (Wildman–Crippen MR) is 70.8 cm³/mol. The monoisotopic (exact) mass is 251 g/mol. The molecule has 0 heterocycles. The van der Waals surface area contributed by atoms with Crippen LogP contribution in [-0.2, 0) is 0 Å². The van der Waals surface area contributed by atoms with Gasteiger partial charge in [0.1, 0.15) is 5.75 Å². The van der Waals surface area contributed by atoms with Crippen molar-refractivity contribution in [1.82, 2.24) is 5.32 Å². The first kappa shape index (κ1) is 14.5. The molecule has 1 aromatic rings. The van der Waals surface area contributed by atoms with Gasteiger partial charge in [-0.05, 0) is 31.0 Å². The lowest BCUT2D eigenvalue weighted by Gasteiger charge is -2.10. The Morgan fingerprint density at radius 1 is 1.39 bits per heavy atom. The Kier molecular flexibility index (Phi) is 5.65. The quantitative estimate of drug-likeness (QED) is 0.811. The maximum atomic E-state index is 11.8. The zero-order valence-corrected chi connectivity index (χ0v) is 11.1. The first-order valence-electron chi connectivity index (χ1n) is 6.18. The molecule has 0 aromatic heterocycles. The van der Waals surface area contributed by atoms with Crippen molar-refractivity contribution >= 4 is 5.91 Å². The summed E-state index contributed by atoms with van der Waals surface area (Å²) in [7, 11) is 0. The molecule has 18 heavy (non-hydrogen) atoms. The fourth-order valence-corrected chi connectivity index (χ4v) is 1.33. The number of amides is 1. The number of rotatable bonds is 6. The van der Waals surface area contributed by atoms with E-state index >= 15 is 0 Å². The molecule has 0 bridgehead atoms. The molecular formula is C14H21NO3. The lowest BCUT2D eigenvalue weighted by Crippen LogP contribution is -2.30. The number of carbonyl (C=O) groups excluding carboxylic acids is 1. The van der Waals surface area contributed by atoms with E-state index < -0.39 is 6.10 Å². The number of carbonyl (C=O) groups is 1. The largest absolute Gasteiger partial charge is 0.493 e. The van der Waals surface area contributed by atoms with Crippen molar-refractivity contribution in [2.45, 2.75) is 26.9 Å². The minimum Gasteiger partial charge on any atom is -0.493 e.